The van der Waals surface area contributed by atoms with E-state index in [0.29, 0.717) is 6.42 Å². The maximum atomic E-state index is 11.3. The number of ether oxygens (including phenoxy) is 1. The van der Waals surface area contributed by atoms with Gasteiger partial charge in [-0.2, -0.15) is 0 Å². The zero-order valence-electron chi connectivity index (χ0n) is 9.66. The van der Waals surface area contributed by atoms with Crippen LogP contribution >= 0.6 is 12.4 Å². The van der Waals surface area contributed by atoms with E-state index in [1.807, 2.05) is 34.6 Å². The number of carbonyl (C=O) groups excluding carboxylic acids is 1. The number of nitrogens with two attached hydrogens (primary N) is 1. The highest BCUT2D eigenvalue weighted by Gasteiger charge is 2.19. The normalized spacial score (nSPS) is 15.3. The van der Waals surface area contributed by atoms with Crippen LogP contribution in [0, 0.1) is 5.92 Å². The first-order valence-electron chi connectivity index (χ1n) is 4.70. The molecule has 0 aliphatic heterocycles. The number of esters is 1. The molecule has 0 rings (SSSR count). The van der Waals surface area contributed by atoms with Gasteiger partial charge in [0.15, 0.2) is 0 Å². The van der Waals surface area contributed by atoms with Gasteiger partial charge in [-0.15, -0.1) is 12.4 Å². The van der Waals surface area contributed by atoms with Crippen LogP contribution in [-0.4, -0.2) is 17.6 Å². The van der Waals surface area contributed by atoms with E-state index in [9.17, 15) is 4.79 Å². The van der Waals surface area contributed by atoms with Gasteiger partial charge >= 0.3 is 5.97 Å². The molecule has 0 fully saturated rings. The van der Waals surface area contributed by atoms with Crippen molar-refractivity contribution in [2.45, 2.75) is 52.7 Å². The predicted octanol–water partition coefficient (Wildman–Crippen LogP) is 2.12. The van der Waals surface area contributed by atoms with Crippen LogP contribution in [0.25, 0.3) is 0 Å². The third-order valence-corrected chi connectivity index (χ3v) is 1.81. The Morgan fingerprint density at radius 3 is 2.07 bits per heavy atom. The highest BCUT2D eigenvalue weighted by molar-refractivity contribution is 5.85. The molecule has 0 aliphatic carbocycles. The molecule has 0 heterocycles. The summed E-state index contributed by atoms with van der Waals surface area (Å²) in [5.41, 5.74) is 5.25. The Morgan fingerprint density at radius 1 is 1.36 bits per heavy atom. The van der Waals surface area contributed by atoms with Gasteiger partial charge in [-0.05, 0) is 33.6 Å². The molecule has 0 saturated heterocycles. The molecule has 0 spiro atoms. The van der Waals surface area contributed by atoms with Gasteiger partial charge in [-0.25, -0.2) is 0 Å². The van der Waals surface area contributed by atoms with Crippen molar-refractivity contribution in [2.75, 3.05) is 0 Å². The van der Waals surface area contributed by atoms with E-state index in [-0.39, 0.29) is 30.3 Å². The molecule has 0 amide bonds. The summed E-state index contributed by atoms with van der Waals surface area (Å²) in [4.78, 5) is 11.3. The second kappa shape index (κ2) is 6.25. The second-order valence-corrected chi connectivity index (χ2v) is 4.63. The third kappa shape index (κ3) is 8.32. The zero-order chi connectivity index (χ0) is 10.6. The molecule has 0 saturated carbocycles. The molecule has 86 valence electrons. The van der Waals surface area contributed by atoms with Crippen LogP contribution in [0.5, 0.6) is 0 Å². The van der Waals surface area contributed by atoms with E-state index in [1.165, 1.54) is 0 Å². The molecule has 2 atom stereocenters. The first kappa shape index (κ1) is 16.2. The summed E-state index contributed by atoms with van der Waals surface area (Å²) in [5, 5.41) is 0. The second-order valence-electron chi connectivity index (χ2n) is 4.63. The molecule has 0 bridgehead atoms. The highest BCUT2D eigenvalue weighted by atomic mass is 35.5. The molecule has 0 aromatic heterocycles. The molecule has 3 nitrogen and oxygen atoms in total. The van der Waals surface area contributed by atoms with Crippen molar-refractivity contribution in [3.8, 4) is 0 Å². The first-order valence-corrected chi connectivity index (χ1v) is 4.70. The van der Waals surface area contributed by atoms with Crippen molar-refractivity contribution in [3.05, 3.63) is 0 Å². The largest absolute Gasteiger partial charge is 0.460 e. The summed E-state index contributed by atoms with van der Waals surface area (Å²) in [6.07, 6.45) is 0.398. The van der Waals surface area contributed by atoms with Crippen molar-refractivity contribution >= 4 is 18.4 Å². The van der Waals surface area contributed by atoms with E-state index in [0.717, 1.165) is 0 Å². The van der Waals surface area contributed by atoms with Gasteiger partial charge in [-0.1, -0.05) is 6.92 Å². The van der Waals surface area contributed by atoms with Crippen LogP contribution in [-0.2, 0) is 9.53 Å². The molecule has 14 heavy (non-hydrogen) atoms. The Hall–Kier alpha value is -0.280. The summed E-state index contributed by atoms with van der Waals surface area (Å²) < 4.78 is 5.16. The van der Waals surface area contributed by atoms with Crippen LogP contribution in [0.15, 0.2) is 0 Å². The molecular weight excluding hydrogens is 202 g/mol. The molecule has 0 aromatic rings. The maximum absolute atomic E-state index is 11.3. The van der Waals surface area contributed by atoms with Crippen molar-refractivity contribution < 1.29 is 9.53 Å². The Kier molecular flexibility index (Phi) is 7.21. The Bertz CT molecular complexity index is 175. The first-order chi connectivity index (χ1) is 5.72. The smallest absolute Gasteiger partial charge is 0.306 e. The molecule has 0 aliphatic rings. The lowest BCUT2D eigenvalue weighted by Crippen LogP contribution is -2.30. The number of rotatable bonds is 3. The van der Waals surface area contributed by atoms with Crippen LogP contribution in [0.1, 0.15) is 41.0 Å². The fourth-order valence-electron chi connectivity index (χ4n) is 0.832. The van der Waals surface area contributed by atoms with Gasteiger partial charge in [-0.3, -0.25) is 4.79 Å². The van der Waals surface area contributed by atoms with Gasteiger partial charge in [0.25, 0.3) is 0 Å². The number of carbonyl (C=O) groups is 1. The number of hydrogen-bond acceptors (Lipinski definition) is 3. The summed E-state index contributed by atoms with van der Waals surface area (Å²) in [6, 6.07) is 0.0347. The minimum Gasteiger partial charge on any atom is -0.460 e. The van der Waals surface area contributed by atoms with E-state index in [2.05, 4.69) is 0 Å². The van der Waals surface area contributed by atoms with Gasteiger partial charge < -0.3 is 10.5 Å². The van der Waals surface area contributed by atoms with Crippen LogP contribution in [0.2, 0.25) is 0 Å². The monoisotopic (exact) mass is 223 g/mol. The quantitative estimate of drug-likeness (QED) is 0.746. The lowest BCUT2D eigenvalue weighted by Gasteiger charge is -2.21. The summed E-state index contributed by atoms with van der Waals surface area (Å²) in [7, 11) is 0. The van der Waals surface area contributed by atoms with E-state index >= 15 is 0 Å². The Balaban J connectivity index is 0. The van der Waals surface area contributed by atoms with Crippen molar-refractivity contribution in [1.29, 1.82) is 0 Å². The van der Waals surface area contributed by atoms with E-state index in [4.69, 9.17) is 10.5 Å². The van der Waals surface area contributed by atoms with Crippen LogP contribution in [0.3, 0.4) is 0 Å². The topological polar surface area (TPSA) is 52.3 Å². The molecular formula is C10H22ClNO2. The summed E-state index contributed by atoms with van der Waals surface area (Å²) in [5.74, 6) is 0.00662. The molecule has 0 aromatic carbocycles. The van der Waals surface area contributed by atoms with Crippen molar-refractivity contribution in [1.82, 2.24) is 0 Å². The van der Waals surface area contributed by atoms with Crippen LogP contribution < -0.4 is 5.73 Å². The Labute approximate surface area is 92.8 Å². The number of hydrogen-bond donors (Lipinski definition) is 1. The van der Waals surface area contributed by atoms with Crippen molar-refractivity contribution in [3.63, 3.8) is 0 Å². The van der Waals surface area contributed by atoms with Gasteiger partial charge in [0.1, 0.15) is 5.60 Å². The third-order valence-electron chi connectivity index (χ3n) is 1.81. The fourth-order valence-corrected chi connectivity index (χ4v) is 0.832. The SMILES string of the molecule is CC(N)C(C)CC(=O)OC(C)(C)C.Cl. The standard InChI is InChI=1S/C10H21NO2.ClH/c1-7(8(2)11)6-9(12)13-10(3,4)5;/h7-8H,6,11H2,1-5H3;1H. The molecule has 4 heteroatoms. The highest BCUT2D eigenvalue weighted by Crippen LogP contribution is 2.12. The minimum atomic E-state index is -0.394. The fraction of sp³-hybridized carbons (Fsp3) is 0.900. The van der Waals surface area contributed by atoms with Gasteiger partial charge in [0.2, 0.25) is 0 Å². The number of halogens is 1. The minimum absolute atomic E-state index is 0. The summed E-state index contributed by atoms with van der Waals surface area (Å²) >= 11 is 0. The Morgan fingerprint density at radius 2 is 1.79 bits per heavy atom. The summed E-state index contributed by atoms with van der Waals surface area (Å²) in [6.45, 7) is 9.44. The van der Waals surface area contributed by atoms with E-state index in [1.54, 1.807) is 0 Å². The lowest BCUT2D eigenvalue weighted by molar-refractivity contribution is -0.155. The zero-order valence-corrected chi connectivity index (χ0v) is 10.5. The lowest BCUT2D eigenvalue weighted by atomic mass is 10.0. The van der Waals surface area contributed by atoms with Crippen molar-refractivity contribution in [2.24, 2.45) is 11.7 Å². The molecule has 2 N–H and O–H groups in total. The maximum Gasteiger partial charge on any atom is 0.306 e. The predicted molar refractivity (Wildman–Crippen MR) is 60.5 cm³/mol. The average Bonchev–Trinajstić information content (AvgIpc) is 1.81. The van der Waals surface area contributed by atoms with Gasteiger partial charge in [0.05, 0.1) is 0 Å². The van der Waals surface area contributed by atoms with Gasteiger partial charge in [0, 0.05) is 12.5 Å². The molecule has 2 unspecified atom stereocenters. The van der Waals surface area contributed by atoms with E-state index < -0.39 is 5.60 Å². The van der Waals surface area contributed by atoms with Crippen LogP contribution in [0.4, 0.5) is 0 Å². The molecule has 0 radical (unpaired) electrons. The average molecular weight is 224 g/mol.